The molecule has 0 bridgehead atoms. The minimum Gasteiger partial charge on any atom is -0.363 e. The Morgan fingerprint density at radius 2 is 1.89 bits per heavy atom. The summed E-state index contributed by atoms with van der Waals surface area (Å²) in [5, 5.41) is 3.29. The van der Waals surface area contributed by atoms with Crippen LogP contribution in [0.5, 0.6) is 0 Å². The maximum absolute atomic E-state index is 13.1. The van der Waals surface area contributed by atoms with Crippen molar-refractivity contribution in [1.29, 1.82) is 0 Å². The minimum absolute atomic E-state index is 0.172. The molecule has 0 aliphatic heterocycles. The van der Waals surface area contributed by atoms with Gasteiger partial charge in [0.25, 0.3) is 0 Å². The predicted octanol–water partition coefficient (Wildman–Crippen LogP) is 4.17. The van der Waals surface area contributed by atoms with Gasteiger partial charge in [0.05, 0.1) is 6.04 Å². The molecule has 1 N–H and O–H groups in total. The fraction of sp³-hybridized carbons (Fsp3) is 0.267. The molecule has 1 heterocycles. The number of hydrogen-bond donors (Lipinski definition) is 1. The van der Waals surface area contributed by atoms with Gasteiger partial charge in [-0.1, -0.05) is 49.7 Å². The second kappa shape index (κ2) is 6.15. The first-order valence-corrected chi connectivity index (χ1v) is 6.23. The Hall–Kier alpha value is -1.90. The van der Waals surface area contributed by atoms with E-state index < -0.39 is 5.95 Å². The third kappa shape index (κ3) is 3.29. The Kier molecular flexibility index (Phi) is 4.29. The summed E-state index contributed by atoms with van der Waals surface area (Å²) in [7, 11) is 0. The summed E-state index contributed by atoms with van der Waals surface area (Å²) in [6.07, 6.45) is 2.05. The van der Waals surface area contributed by atoms with E-state index in [9.17, 15) is 4.39 Å². The Morgan fingerprint density at radius 1 is 1.11 bits per heavy atom. The normalized spacial score (nSPS) is 12.1. The molecule has 0 aliphatic carbocycles. The zero-order valence-electron chi connectivity index (χ0n) is 10.4. The molecular formula is C15H17FN2. The lowest BCUT2D eigenvalue weighted by molar-refractivity contribution is 0.582. The van der Waals surface area contributed by atoms with Gasteiger partial charge >= 0.3 is 0 Å². The van der Waals surface area contributed by atoms with Crippen molar-refractivity contribution in [2.45, 2.75) is 25.8 Å². The van der Waals surface area contributed by atoms with E-state index in [1.54, 1.807) is 12.1 Å². The van der Waals surface area contributed by atoms with Crippen LogP contribution in [0, 0.1) is 5.95 Å². The molecule has 2 nitrogen and oxygen atoms in total. The van der Waals surface area contributed by atoms with Gasteiger partial charge in [-0.25, -0.2) is 4.98 Å². The molecular weight excluding hydrogens is 227 g/mol. The highest BCUT2D eigenvalue weighted by Gasteiger charge is 2.10. The molecule has 0 saturated carbocycles. The number of rotatable bonds is 5. The van der Waals surface area contributed by atoms with Crippen LogP contribution < -0.4 is 5.32 Å². The van der Waals surface area contributed by atoms with Gasteiger partial charge in [0.2, 0.25) is 5.95 Å². The third-order valence-electron chi connectivity index (χ3n) is 2.82. The summed E-state index contributed by atoms with van der Waals surface area (Å²) in [6, 6.07) is 15.1. The molecule has 94 valence electrons. The van der Waals surface area contributed by atoms with Gasteiger partial charge < -0.3 is 5.32 Å². The number of benzene rings is 1. The SMILES string of the molecule is CCCC(Nc1cccc(F)n1)c1ccccc1. The van der Waals surface area contributed by atoms with Crippen LogP contribution in [0.1, 0.15) is 31.4 Å². The van der Waals surface area contributed by atoms with Gasteiger partial charge in [0.1, 0.15) is 5.82 Å². The van der Waals surface area contributed by atoms with Crippen molar-refractivity contribution < 1.29 is 4.39 Å². The lowest BCUT2D eigenvalue weighted by atomic mass is 10.0. The lowest BCUT2D eigenvalue weighted by Crippen LogP contribution is -2.11. The van der Waals surface area contributed by atoms with Crippen LogP contribution in [0.2, 0.25) is 0 Å². The van der Waals surface area contributed by atoms with E-state index in [0.717, 1.165) is 12.8 Å². The summed E-state index contributed by atoms with van der Waals surface area (Å²) in [5.41, 5.74) is 1.20. The van der Waals surface area contributed by atoms with E-state index >= 15 is 0 Å². The molecule has 3 heteroatoms. The molecule has 1 aromatic carbocycles. The number of hydrogen-bond acceptors (Lipinski definition) is 2. The second-order valence-corrected chi connectivity index (χ2v) is 4.24. The molecule has 0 aliphatic rings. The Balaban J connectivity index is 2.16. The summed E-state index contributed by atoms with van der Waals surface area (Å²) in [4.78, 5) is 3.84. The highest BCUT2D eigenvalue weighted by atomic mass is 19.1. The largest absolute Gasteiger partial charge is 0.363 e. The fourth-order valence-corrected chi connectivity index (χ4v) is 1.96. The number of pyridine rings is 1. The van der Waals surface area contributed by atoms with Crippen LogP contribution >= 0.6 is 0 Å². The monoisotopic (exact) mass is 244 g/mol. The van der Waals surface area contributed by atoms with E-state index in [-0.39, 0.29) is 6.04 Å². The molecule has 0 fully saturated rings. The summed E-state index contributed by atoms with van der Waals surface area (Å²) in [6.45, 7) is 2.14. The summed E-state index contributed by atoms with van der Waals surface area (Å²) in [5.74, 6) is 0.126. The van der Waals surface area contributed by atoms with Gasteiger partial charge in [0, 0.05) is 0 Å². The molecule has 0 saturated heterocycles. The number of halogens is 1. The fourth-order valence-electron chi connectivity index (χ4n) is 1.96. The summed E-state index contributed by atoms with van der Waals surface area (Å²) < 4.78 is 13.1. The third-order valence-corrected chi connectivity index (χ3v) is 2.82. The number of nitrogens with zero attached hydrogens (tertiary/aromatic N) is 1. The van der Waals surface area contributed by atoms with Crippen molar-refractivity contribution >= 4 is 5.82 Å². The average Bonchev–Trinajstić information content (AvgIpc) is 2.39. The van der Waals surface area contributed by atoms with Crippen molar-refractivity contribution in [2.24, 2.45) is 0 Å². The van der Waals surface area contributed by atoms with Crippen molar-refractivity contribution in [2.75, 3.05) is 5.32 Å². The maximum atomic E-state index is 13.1. The Bertz CT molecular complexity index is 485. The van der Waals surface area contributed by atoms with E-state index in [4.69, 9.17) is 0 Å². The molecule has 2 aromatic rings. The second-order valence-electron chi connectivity index (χ2n) is 4.24. The summed E-state index contributed by atoms with van der Waals surface area (Å²) >= 11 is 0. The highest BCUT2D eigenvalue weighted by Crippen LogP contribution is 2.22. The van der Waals surface area contributed by atoms with Gasteiger partial charge in [-0.05, 0) is 24.1 Å². The molecule has 0 spiro atoms. The van der Waals surface area contributed by atoms with Crippen LogP contribution in [0.25, 0.3) is 0 Å². The van der Waals surface area contributed by atoms with Crippen LogP contribution in [0.3, 0.4) is 0 Å². The van der Waals surface area contributed by atoms with Crippen molar-refractivity contribution in [3.05, 3.63) is 60.0 Å². The van der Waals surface area contributed by atoms with E-state index in [0.29, 0.717) is 5.82 Å². The van der Waals surface area contributed by atoms with Gasteiger partial charge in [0.15, 0.2) is 0 Å². The quantitative estimate of drug-likeness (QED) is 0.798. The molecule has 18 heavy (non-hydrogen) atoms. The Morgan fingerprint density at radius 3 is 2.56 bits per heavy atom. The molecule has 0 radical (unpaired) electrons. The molecule has 1 unspecified atom stereocenters. The van der Waals surface area contributed by atoms with Gasteiger partial charge in [-0.2, -0.15) is 4.39 Å². The highest BCUT2D eigenvalue weighted by molar-refractivity contribution is 5.38. The maximum Gasteiger partial charge on any atom is 0.214 e. The van der Waals surface area contributed by atoms with Gasteiger partial charge in [-0.15, -0.1) is 0 Å². The van der Waals surface area contributed by atoms with Crippen LogP contribution in [0.4, 0.5) is 10.2 Å². The van der Waals surface area contributed by atoms with Crippen LogP contribution in [-0.2, 0) is 0 Å². The molecule has 2 rings (SSSR count). The first-order chi connectivity index (χ1) is 8.79. The first kappa shape index (κ1) is 12.6. The van der Waals surface area contributed by atoms with E-state index in [1.807, 2.05) is 18.2 Å². The molecule has 1 atom stereocenters. The lowest BCUT2D eigenvalue weighted by Gasteiger charge is -2.19. The van der Waals surface area contributed by atoms with E-state index in [1.165, 1.54) is 11.6 Å². The topological polar surface area (TPSA) is 24.9 Å². The molecule has 1 aromatic heterocycles. The van der Waals surface area contributed by atoms with Crippen LogP contribution in [-0.4, -0.2) is 4.98 Å². The number of aromatic nitrogens is 1. The Labute approximate surface area is 107 Å². The van der Waals surface area contributed by atoms with Gasteiger partial charge in [-0.3, -0.25) is 0 Å². The first-order valence-electron chi connectivity index (χ1n) is 6.23. The zero-order chi connectivity index (χ0) is 12.8. The molecule has 0 amide bonds. The smallest absolute Gasteiger partial charge is 0.214 e. The number of nitrogens with one attached hydrogen (secondary N) is 1. The average molecular weight is 244 g/mol. The predicted molar refractivity (Wildman–Crippen MR) is 71.9 cm³/mol. The van der Waals surface area contributed by atoms with Crippen molar-refractivity contribution in [3.8, 4) is 0 Å². The van der Waals surface area contributed by atoms with Crippen LogP contribution in [0.15, 0.2) is 48.5 Å². The zero-order valence-corrected chi connectivity index (χ0v) is 10.4. The number of anilines is 1. The van der Waals surface area contributed by atoms with E-state index in [2.05, 4.69) is 29.4 Å². The standard InChI is InChI=1S/C15H17FN2/c1-2-7-13(12-8-4-3-5-9-12)17-15-11-6-10-14(16)18-15/h3-6,8-11,13H,2,7H2,1H3,(H,17,18). The minimum atomic E-state index is -0.455. The van der Waals surface area contributed by atoms with Crippen molar-refractivity contribution in [3.63, 3.8) is 0 Å². The van der Waals surface area contributed by atoms with Crippen molar-refractivity contribution in [1.82, 2.24) is 4.98 Å².